The zero-order valence-electron chi connectivity index (χ0n) is 14.7. The van der Waals surface area contributed by atoms with Gasteiger partial charge in [0.25, 0.3) is 0 Å². The Labute approximate surface area is 178 Å². The topological polar surface area (TPSA) is 12.0 Å². The zero-order valence-corrected chi connectivity index (χ0v) is 17.0. The van der Waals surface area contributed by atoms with E-state index in [0.717, 1.165) is 30.4 Å². The number of hydrogen-bond acceptors (Lipinski definition) is 1. The lowest BCUT2D eigenvalue weighted by atomic mass is 9.96. The predicted octanol–water partition coefficient (Wildman–Crippen LogP) is 7.74. The molecule has 0 radical (unpaired) electrons. The van der Waals surface area contributed by atoms with Crippen molar-refractivity contribution in [3.8, 4) is 0 Å². The summed E-state index contributed by atoms with van der Waals surface area (Å²) in [5.74, 6) is -2.14. The molecule has 29 heavy (non-hydrogen) atoms. The highest BCUT2D eigenvalue weighted by Gasteiger charge is 2.39. The van der Waals surface area contributed by atoms with Crippen LogP contribution in [0.4, 0.5) is 26.3 Å². The highest BCUT2D eigenvalue weighted by molar-refractivity contribution is 6.48. The third-order valence-corrected chi connectivity index (χ3v) is 5.20. The Hall–Kier alpha value is -1.41. The van der Waals surface area contributed by atoms with Crippen molar-refractivity contribution >= 4 is 40.9 Å². The van der Waals surface area contributed by atoms with Gasteiger partial charge >= 0.3 is 12.4 Å². The van der Waals surface area contributed by atoms with Crippen molar-refractivity contribution in [2.75, 3.05) is 7.05 Å². The van der Waals surface area contributed by atoms with Gasteiger partial charge in [-0.2, -0.15) is 26.3 Å². The van der Waals surface area contributed by atoms with E-state index in [0.29, 0.717) is 0 Å². The lowest BCUT2D eigenvalue weighted by Crippen LogP contribution is -2.19. The van der Waals surface area contributed by atoms with E-state index in [1.807, 2.05) is 0 Å². The van der Waals surface area contributed by atoms with Gasteiger partial charge in [0.2, 0.25) is 0 Å². The van der Waals surface area contributed by atoms with Crippen LogP contribution in [-0.4, -0.2) is 13.2 Å². The van der Waals surface area contributed by atoms with E-state index in [4.69, 9.17) is 34.8 Å². The fourth-order valence-electron chi connectivity index (χ4n) is 2.68. The van der Waals surface area contributed by atoms with Crippen LogP contribution in [0.1, 0.15) is 28.2 Å². The first-order valence-electron chi connectivity index (χ1n) is 8.08. The molecule has 0 amide bonds. The van der Waals surface area contributed by atoms with Crippen molar-refractivity contribution < 1.29 is 26.3 Å². The number of hydrogen-bond donors (Lipinski definition) is 1. The van der Waals surface area contributed by atoms with Crippen LogP contribution in [0.2, 0.25) is 15.1 Å². The largest absolute Gasteiger partial charge is 0.416 e. The van der Waals surface area contributed by atoms with Gasteiger partial charge in [-0.05, 0) is 41.9 Å². The summed E-state index contributed by atoms with van der Waals surface area (Å²) < 4.78 is 80.4. The fraction of sp³-hybridized carbons (Fsp3) is 0.263. The summed E-state index contributed by atoms with van der Waals surface area (Å²) >= 11 is 17.4. The molecule has 0 aliphatic rings. The second-order valence-corrected chi connectivity index (χ2v) is 7.31. The minimum Gasteiger partial charge on any atom is -0.316 e. The number of benzene rings is 2. The van der Waals surface area contributed by atoms with E-state index in [1.165, 1.54) is 19.2 Å². The van der Waals surface area contributed by atoms with E-state index in [1.54, 1.807) is 0 Å². The highest BCUT2D eigenvalue weighted by atomic mass is 35.5. The number of alkyl halides is 6. The molecule has 2 aromatic carbocycles. The molecule has 0 aliphatic heterocycles. The van der Waals surface area contributed by atoms with Crippen LogP contribution >= 0.6 is 34.8 Å². The van der Waals surface area contributed by atoms with Crippen molar-refractivity contribution in [1.82, 2.24) is 5.32 Å². The Morgan fingerprint density at radius 3 is 2.03 bits per heavy atom. The number of nitrogens with one attached hydrogen (secondary N) is 1. The molecule has 2 rings (SSSR count). The van der Waals surface area contributed by atoms with Crippen molar-refractivity contribution in [2.24, 2.45) is 0 Å². The van der Waals surface area contributed by atoms with Crippen LogP contribution in [0, 0.1) is 0 Å². The van der Waals surface area contributed by atoms with Crippen LogP contribution in [0.25, 0.3) is 6.08 Å². The summed E-state index contributed by atoms with van der Waals surface area (Å²) in [6.45, 7) is -0.0359. The average molecular weight is 477 g/mol. The Kier molecular flexibility index (Phi) is 7.54. The lowest BCUT2D eigenvalue weighted by Gasteiger charge is -2.19. The Morgan fingerprint density at radius 1 is 0.966 bits per heavy atom. The van der Waals surface area contributed by atoms with Crippen LogP contribution in [0.3, 0.4) is 0 Å². The Morgan fingerprint density at radius 2 is 1.55 bits per heavy atom. The number of halogens is 9. The van der Waals surface area contributed by atoms with Gasteiger partial charge in [0, 0.05) is 6.54 Å². The fourth-order valence-corrected chi connectivity index (χ4v) is 3.29. The molecule has 0 aromatic heterocycles. The second-order valence-electron chi connectivity index (χ2n) is 6.12. The molecule has 1 atom stereocenters. The zero-order chi connectivity index (χ0) is 22.0. The molecule has 0 aliphatic carbocycles. The van der Waals surface area contributed by atoms with Gasteiger partial charge in [0.05, 0.1) is 26.5 Å². The van der Waals surface area contributed by atoms with E-state index < -0.39 is 23.8 Å². The van der Waals surface area contributed by atoms with Crippen LogP contribution in [0.5, 0.6) is 0 Å². The molecular formula is C19H14Cl3F6N. The van der Waals surface area contributed by atoms with Crippen LogP contribution in [-0.2, 0) is 12.7 Å². The van der Waals surface area contributed by atoms with Gasteiger partial charge in [0.1, 0.15) is 0 Å². The maximum absolute atomic E-state index is 13.5. The molecule has 0 saturated heterocycles. The lowest BCUT2D eigenvalue weighted by molar-refractivity contribution is -0.140. The first-order chi connectivity index (χ1) is 13.3. The standard InChI is InChI=1S/C19H14Cl3F6N/c1-29-9-11-4-2-10(6-14(11)19(26,27)28)3-5-13(18(23,24)25)12-7-15(20)17(22)16(21)8-12/h2-8,13,29H,9H2,1H3. The number of rotatable bonds is 5. The molecule has 158 valence electrons. The van der Waals surface area contributed by atoms with Gasteiger partial charge in [-0.25, -0.2) is 0 Å². The van der Waals surface area contributed by atoms with Gasteiger partial charge in [-0.1, -0.05) is 59.1 Å². The summed E-state index contributed by atoms with van der Waals surface area (Å²) in [5.41, 5.74) is -1.25. The molecule has 1 N–H and O–H groups in total. The maximum atomic E-state index is 13.5. The maximum Gasteiger partial charge on any atom is 0.416 e. The highest BCUT2D eigenvalue weighted by Crippen LogP contribution is 2.41. The first kappa shape index (κ1) is 23.9. The third-order valence-electron chi connectivity index (χ3n) is 4.01. The predicted molar refractivity (Wildman–Crippen MR) is 104 cm³/mol. The molecule has 0 bridgehead atoms. The number of allylic oxidation sites excluding steroid dienone is 1. The van der Waals surface area contributed by atoms with Crippen LogP contribution < -0.4 is 5.32 Å². The monoisotopic (exact) mass is 475 g/mol. The molecule has 0 saturated carbocycles. The summed E-state index contributed by atoms with van der Waals surface area (Å²) in [4.78, 5) is 0. The summed E-state index contributed by atoms with van der Waals surface area (Å²) in [5, 5.41) is 2.21. The van der Waals surface area contributed by atoms with Gasteiger partial charge in [-0.3, -0.25) is 0 Å². The summed E-state index contributed by atoms with van der Waals surface area (Å²) in [6, 6.07) is 5.38. The molecule has 0 fully saturated rings. The normalized spacial score (nSPS) is 13.9. The van der Waals surface area contributed by atoms with Gasteiger partial charge < -0.3 is 5.32 Å². The van der Waals surface area contributed by atoms with Gasteiger partial charge in [-0.15, -0.1) is 0 Å². The summed E-state index contributed by atoms with van der Waals surface area (Å²) in [7, 11) is 1.49. The van der Waals surface area contributed by atoms with E-state index in [9.17, 15) is 26.3 Å². The Balaban J connectivity index is 2.47. The molecule has 0 heterocycles. The van der Waals surface area contributed by atoms with Crippen molar-refractivity contribution in [1.29, 1.82) is 0 Å². The van der Waals surface area contributed by atoms with Gasteiger partial charge in [0.15, 0.2) is 0 Å². The molecular weight excluding hydrogens is 463 g/mol. The minimum atomic E-state index is -4.73. The van der Waals surface area contributed by atoms with E-state index in [-0.39, 0.29) is 38.3 Å². The molecule has 0 spiro atoms. The molecule has 2 aromatic rings. The average Bonchev–Trinajstić information content (AvgIpc) is 2.59. The SMILES string of the molecule is CNCc1ccc(C=CC(c2cc(Cl)c(Cl)c(Cl)c2)C(F)(F)F)cc1C(F)(F)F. The molecule has 1 nitrogen and oxygen atoms in total. The van der Waals surface area contributed by atoms with E-state index >= 15 is 0 Å². The van der Waals surface area contributed by atoms with Crippen molar-refractivity contribution in [3.63, 3.8) is 0 Å². The molecule has 10 heteroatoms. The minimum absolute atomic E-state index is 0.0132. The second kappa shape index (κ2) is 9.16. The smallest absolute Gasteiger partial charge is 0.316 e. The van der Waals surface area contributed by atoms with Crippen molar-refractivity contribution in [2.45, 2.75) is 24.8 Å². The van der Waals surface area contributed by atoms with E-state index in [2.05, 4.69) is 5.32 Å². The Bertz CT molecular complexity index is 883. The van der Waals surface area contributed by atoms with Crippen molar-refractivity contribution in [3.05, 3.63) is 73.7 Å². The van der Waals surface area contributed by atoms with Crippen LogP contribution in [0.15, 0.2) is 36.4 Å². The summed E-state index contributed by atoms with van der Waals surface area (Å²) in [6.07, 6.45) is -7.64. The first-order valence-corrected chi connectivity index (χ1v) is 9.22. The quantitative estimate of drug-likeness (QED) is 0.344. The molecule has 1 unspecified atom stereocenters. The third kappa shape index (κ3) is 6.04.